The molecule has 0 radical (unpaired) electrons. The molecule has 2 aromatic heterocycles. The number of hydrogen-bond acceptors (Lipinski definition) is 3. The largest absolute Gasteiger partial charge is 0.322 e. The van der Waals surface area contributed by atoms with Crippen LogP contribution in [0.15, 0.2) is 28.7 Å². The number of hydrogen-bond donors (Lipinski definition) is 1. The van der Waals surface area contributed by atoms with Crippen LogP contribution in [-0.2, 0) is 19.9 Å². The van der Waals surface area contributed by atoms with Gasteiger partial charge in [0.25, 0.3) is 5.91 Å². The third-order valence-corrected chi connectivity index (χ3v) is 5.03. The molecule has 0 spiro atoms. The first-order valence-electron chi connectivity index (χ1n) is 7.96. The van der Waals surface area contributed by atoms with Crippen LogP contribution in [0.2, 0.25) is 0 Å². The van der Waals surface area contributed by atoms with Gasteiger partial charge in [0.05, 0.1) is 16.6 Å². The Labute approximate surface area is 148 Å². The quantitative estimate of drug-likeness (QED) is 0.731. The van der Waals surface area contributed by atoms with Gasteiger partial charge in [-0.15, -0.1) is 0 Å². The van der Waals surface area contributed by atoms with Gasteiger partial charge in [-0.2, -0.15) is 5.10 Å². The molecule has 4 rings (SSSR count). The molecule has 1 N–H and O–H groups in total. The molecule has 122 valence electrons. The molecule has 0 fully saturated rings. The van der Waals surface area contributed by atoms with Crippen LogP contribution in [0.25, 0.3) is 11.0 Å². The lowest BCUT2D eigenvalue weighted by atomic mass is 10.0. The fourth-order valence-electron chi connectivity index (χ4n) is 3.44. The normalized spacial score (nSPS) is 13.3. The Morgan fingerprint density at radius 2 is 2.00 bits per heavy atom. The molecule has 6 heteroatoms. The zero-order valence-electron chi connectivity index (χ0n) is 13.6. The highest BCUT2D eigenvalue weighted by Crippen LogP contribution is 2.32. The van der Waals surface area contributed by atoms with Crippen LogP contribution >= 0.6 is 15.9 Å². The van der Waals surface area contributed by atoms with E-state index < -0.39 is 0 Å². The summed E-state index contributed by atoms with van der Waals surface area (Å²) in [6.45, 7) is 1.93. The topological polar surface area (TPSA) is 59.8 Å². The predicted octanol–water partition coefficient (Wildman–Crippen LogP) is 3.78. The number of carbonyl (C=O) groups excluding carboxylic acids is 1. The number of pyridine rings is 1. The fraction of sp³-hybridized carbons (Fsp3) is 0.278. The zero-order valence-corrected chi connectivity index (χ0v) is 15.1. The van der Waals surface area contributed by atoms with Gasteiger partial charge in [-0.05, 0) is 56.0 Å². The van der Waals surface area contributed by atoms with Crippen LogP contribution in [0.5, 0.6) is 0 Å². The Morgan fingerprint density at radius 1 is 1.25 bits per heavy atom. The zero-order chi connectivity index (χ0) is 16.8. The van der Waals surface area contributed by atoms with E-state index in [2.05, 4.69) is 26.3 Å². The number of carbonyl (C=O) groups is 1. The van der Waals surface area contributed by atoms with Crippen LogP contribution in [-0.4, -0.2) is 20.7 Å². The van der Waals surface area contributed by atoms with Crippen molar-refractivity contribution in [1.29, 1.82) is 0 Å². The Bertz CT molecular complexity index is 960. The van der Waals surface area contributed by atoms with E-state index in [-0.39, 0.29) is 5.91 Å². The van der Waals surface area contributed by atoms with Crippen molar-refractivity contribution in [3.63, 3.8) is 0 Å². The summed E-state index contributed by atoms with van der Waals surface area (Å²) in [6.07, 6.45) is 2.87. The minimum Gasteiger partial charge on any atom is -0.322 e. The van der Waals surface area contributed by atoms with Crippen molar-refractivity contribution in [2.75, 3.05) is 5.32 Å². The van der Waals surface area contributed by atoms with Gasteiger partial charge >= 0.3 is 0 Å². The summed E-state index contributed by atoms with van der Waals surface area (Å²) >= 11 is 3.41. The summed E-state index contributed by atoms with van der Waals surface area (Å²) in [7, 11) is 1.88. The molecule has 0 atom stereocenters. The Kier molecular flexibility index (Phi) is 3.64. The molecule has 1 aromatic carbocycles. The summed E-state index contributed by atoms with van der Waals surface area (Å²) in [5.74, 6) is -0.0843. The van der Waals surface area contributed by atoms with Gasteiger partial charge < -0.3 is 5.32 Å². The lowest BCUT2D eigenvalue weighted by molar-refractivity contribution is 0.102. The highest BCUT2D eigenvalue weighted by Gasteiger charge is 2.26. The van der Waals surface area contributed by atoms with Gasteiger partial charge in [-0.1, -0.05) is 15.9 Å². The van der Waals surface area contributed by atoms with Crippen LogP contribution in [0.4, 0.5) is 5.69 Å². The molecule has 1 aliphatic carbocycles. The minimum absolute atomic E-state index is 0.0843. The molecule has 0 saturated carbocycles. The van der Waals surface area contributed by atoms with E-state index in [0.29, 0.717) is 0 Å². The Balaban J connectivity index is 1.85. The van der Waals surface area contributed by atoms with Gasteiger partial charge in [0.2, 0.25) is 0 Å². The van der Waals surface area contributed by atoms with Crippen LogP contribution in [0, 0.1) is 6.92 Å². The summed E-state index contributed by atoms with van der Waals surface area (Å²) in [6, 6.07) is 7.60. The molecule has 1 aliphatic rings. The lowest BCUT2D eigenvalue weighted by Crippen LogP contribution is -2.16. The molecular weight excluding hydrogens is 368 g/mol. The average Bonchev–Trinajstić information content (AvgIpc) is 3.13. The van der Waals surface area contributed by atoms with Crippen LogP contribution in [0.3, 0.4) is 0 Å². The first-order valence-corrected chi connectivity index (χ1v) is 8.76. The fourth-order valence-corrected chi connectivity index (χ4v) is 3.71. The van der Waals surface area contributed by atoms with Crippen LogP contribution in [0.1, 0.15) is 33.7 Å². The highest BCUT2D eigenvalue weighted by molar-refractivity contribution is 9.10. The van der Waals surface area contributed by atoms with Gasteiger partial charge in [0.15, 0.2) is 5.65 Å². The number of amides is 1. The highest BCUT2D eigenvalue weighted by atomic mass is 79.9. The Morgan fingerprint density at radius 3 is 2.75 bits per heavy atom. The molecule has 0 bridgehead atoms. The maximum atomic E-state index is 13.0. The lowest BCUT2D eigenvalue weighted by Gasteiger charge is -2.11. The van der Waals surface area contributed by atoms with Gasteiger partial charge in [-0.25, -0.2) is 4.98 Å². The number of anilines is 1. The maximum absolute atomic E-state index is 13.0. The SMILES string of the molecule is Cc1nn(C)c2nc3c(c(C(=O)Nc4ccc(Br)cc4)c12)CCC3. The molecular formula is C18H17BrN4O. The van der Waals surface area contributed by atoms with Crippen molar-refractivity contribution in [2.24, 2.45) is 7.05 Å². The minimum atomic E-state index is -0.0843. The number of benzene rings is 1. The van der Waals surface area contributed by atoms with Gasteiger partial charge in [-0.3, -0.25) is 9.48 Å². The third-order valence-electron chi connectivity index (χ3n) is 4.50. The number of halogens is 1. The maximum Gasteiger partial charge on any atom is 0.256 e. The summed E-state index contributed by atoms with van der Waals surface area (Å²) < 4.78 is 2.75. The van der Waals surface area contributed by atoms with E-state index >= 15 is 0 Å². The van der Waals surface area contributed by atoms with E-state index in [1.54, 1.807) is 4.68 Å². The van der Waals surface area contributed by atoms with E-state index in [9.17, 15) is 4.79 Å². The average molecular weight is 385 g/mol. The summed E-state index contributed by atoms with van der Waals surface area (Å²) in [4.78, 5) is 17.8. The number of rotatable bonds is 2. The smallest absolute Gasteiger partial charge is 0.256 e. The number of nitrogens with one attached hydrogen (secondary N) is 1. The van der Waals surface area contributed by atoms with Crippen molar-refractivity contribution in [1.82, 2.24) is 14.8 Å². The number of fused-ring (bicyclic) bond motifs is 2. The molecule has 3 aromatic rings. The molecule has 24 heavy (non-hydrogen) atoms. The second-order valence-electron chi connectivity index (χ2n) is 6.13. The summed E-state index contributed by atoms with van der Waals surface area (Å²) in [5, 5.41) is 8.35. The van der Waals surface area contributed by atoms with Crippen molar-refractivity contribution in [3.05, 3.63) is 51.3 Å². The van der Waals surface area contributed by atoms with Crippen molar-refractivity contribution >= 4 is 38.6 Å². The predicted molar refractivity (Wildman–Crippen MR) is 97.4 cm³/mol. The van der Waals surface area contributed by atoms with Gasteiger partial charge in [0, 0.05) is 22.9 Å². The second kappa shape index (κ2) is 5.70. The van der Waals surface area contributed by atoms with E-state index in [1.165, 1.54) is 0 Å². The molecule has 2 heterocycles. The second-order valence-corrected chi connectivity index (χ2v) is 7.05. The van der Waals surface area contributed by atoms with Crippen LogP contribution < -0.4 is 5.32 Å². The number of aryl methyl sites for hydroxylation is 3. The Hall–Kier alpha value is -2.21. The monoisotopic (exact) mass is 384 g/mol. The van der Waals surface area contributed by atoms with Crippen molar-refractivity contribution in [2.45, 2.75) is 26.2 Å². The standard InChI is InChI=1S/C18H17BrN4O/c1-10-15-16(18(24)20-12-8-6-11(19)7-9-12)13-4-3-5-14(13)21-17(15)23(2)22-10/h6-9H,3-5H2,1-2H3,(H,20,24). The first-order chi connectivity index (χ1) is 11.5. The third kappa shape index (κ3) is 2.41. The van der Waals surface area contributed by atoms with Crippen molar-refractivity contribution in [3.8, 4) is 0 Å². The van der Waals surface area contributed by atoms with E-state index in [0.717, 1.165) is 63.0 Å². The molecule has 0 aliphatic heterocycles. The molecule has 0 unspecified atom stereocenters. The number of aromatic nitrogens is 3. The van der Waals surface area contributed by atoms with E-state index in [4.69, 9.17) is 4.98 Å². The van der Waals surface area contributed by atoms with E-state index in [1.807, 2.05) is 38.2 Å². The first kappa shape index (κ1) is 15.3. The number of nitrogens with zero attached hydrogens (tertiary/aromatic N) is 3. The molecule has 0 saturated heterocycles. The molecule has 1 amide bonds. The molecule has 5 nitrogen and oxygen atoms in total. The van der Waals surface area contributed by atoms with Crippen molar-refractivity contribution < 1.29 is 4.79 Å². The summed E-state index contributed by atoms with van der Waals surface area (Å²) in [5.41, 5.74) is 5.26. The van der Waals surface area contributed by atoms with Gasteiger partial charge in [0.1, 0.15) is 0 Å².